The number of allylic oxidation sites excluding steroid dienone is 1. The Morgan fingerprint density at radius 2 is 2.36 bits per heavy atom. The molecule has 0 radical (unpaired) electrons. The highest BCUT2D eigenvalue weighted by Crippen LogP contribution is 2.57. The molecule has 3 heteroatoms. The molecule has 14 heavy (non-hydrogen) atoms. The quantitative estimate of drug-likeness (QED) is 0.725. The first-order valence-corrected chi connectivity index (χ1v) is 4.65. The van der Waals surface area contributed by atoms with Gasteiger partial charge in [0.2, 0.25) is 0 Å². The van der Waals surface area contributed by atoms with Crippen LogP contribution in [0.1, 0.15) is 17.2 Å². The summed E-state index contributed by atoms with van der Waals surface area (Å²) in [7, 11) is 0. The normalized spacial score (nSPS) is 31.9. The van der Waals surface area contributed by atoms with E-state index in [0.29, 0.717) is 0 Å². The summed E-state index contributed by atoms with van der Waals surface area (Å²) >= 11 is 0. The van der Waals surface area contributed by atoms with E-state index in [1.165, 1.54) is 0 Å². The molecule has 70 valence electrons. The minimum atomic E-state index is -0.693. The van der Waals surface area contributed by atoms with Crippen molar-refractivity contribution in [1.82, 2.24) is 4.98 Å². The third-order valence-electron chi connectivity index (χ3n) is 3.07. The minimum Gasteiger partial charge on any atom is -0.481 e. The summed E-state index contributed by atoms with van der Waals surface area (Å²) in [4.78, 5) is 15.1. The molecule has 1 fully saturated rings. The molecular weight excluding hydrogens is 178 g/mol. The van der Waals surface area contributed by atoms with Crippen molar-refractivity contribution in [3.63, 3.8) is 0 Å². The summed E-state index contributed by atoms with van der Waals surface area (Å²) in [6, 6.07) is 3.85. The molecule has 1 aromatic heterocycles. The van der Waals surface area contributed by atoms with Crippen molar-refractivity contribution >= 4 is 12.0 Å². The van der Waals surface area contributed by atoms with Crippen molar-refractivity contribution in [1.29, 1.82) is 0 Å². The van der Waals surface area contributed by atoms with Crippen molar-refractivity contribution in [3.05, 3.63) is 35.7 Å². The maximum atomic E-state index is 10.9. The lowest BCUT2D eigenvalue weighted by atomic mass is 10.0. The number of hydrogen-bond acceptors (Lipinski definition) is 2. The van der Waals surface area contributed by atoms with Gasteiger partial charge in [0.05, 0.1) is 11.6 Å². The van der Waals surface area contributed by atoms with Crippen molar-refractivity contribution < 1.29 is 9.90 Å². The molecule has 3 nitrogen and oxygen atoms in total. The molecule has 2 aliphatic rings. The molecule has 0 spiro atoms. The number of carbonyl (C=O) groups is 1. The fourth-order valence-corrected chi connectivity index (χ4v) is 2.35. The zero-order valence-electron chi connectivity index (χ0n) is 7.42. The smallest absolute Gasteiger partial charge is 0.307 e. The minimum absolute atomic E-state index is 0.168. The van der Waals surface area contributed by atoms with E-state index in [0.717, 1.165) is 11.3 Å². The summed E-state index contributed by atoms with van der Waals surface area (Å²) < 4.78 is 0. The van der Waals surface area contributed by atoms with Gasteiger partial charge >= 0.3 is 5.97 Å². The lowest BCUT2D eigenvalue weighted by Gasteiger charge is -2.06. The van der Waals surface area contributed by atoms with Gasteiger partial charge in [-0.25, -0.2) is 0 Å². The fraction of sp³-hybridized carbons (Fsp3) is 0.273. The molecular formula is C11H9NO2. The number of fused-ring (bicyclic) bond motifs is 3. The van der Waals surface area contributed by atoms with Crippen molar-refractivity contribution in [3.8, 4) is 0 Å². The summed E-state index contributed by atoms with van der Waals surface area (Å²) in [5, 5.41) is 8.96. The van der Waals surface area contributed by atoms with E-state index >= 15 is 0 Å². The van der Waals surface area contributed by atoms with Crippen LogP contribution in [0.2, 0.25) is 0 Å². The molecule has 1 saturated carbocycles. The molecule has 0 saturated heterocycles. The Hall–Kier alpha value is -1.64. The molecule has 0 aliphatic heterocycles. The van der Waals surface area contributed by atoms with Crippen LogP contribution >= 0.6 is 0 Å². The Labute approximate surface area is 81.1 Å². The van der Waals surface area contributed by atoms with E-state index in [2.05, 4.69) is 4.98 Å². The van der Waals surface area contributed by atoms with Gasteiger partial charge in [0, 0.05) is 12.1 Å². The molecule has 3 rings (SSSR count). The monoisotopic (exact) mass is 187 g/mol. The van der Waals surface area contributed by atoms with Crippen LogP contribution in [0.15, 0.2) is 24.4 Å². The van der Waals surface area contributed by atoms with Gasteiger partial charge in [-0.15, -0.1) is 0 Å². The number of hydrogen-bond donors (Lipinski definition) is 1. The second-order valence-electron chi connectivity index (χ2n) is 3.80. The highest BCUT2D eigenvalue weighted by Gasteiger charge is 2.56. The molecule has 3 atom stereocenters. The number of rotatable bonds is 1. The van der Waals surface area contributed by atoms with Crippen LogP contribution in [0, 0.1) is 11.8 Å². The SMILES string of the molecule is O=C(O)[C@@H]1[C@H]2C=Cc3ncccc3[C@H]21. The third-order valence-corrected chi connectivity index (χ3v) is 3.07. The van der Waals surface area contributed by atoms with Gasteiger partial charge in [0.15, 0.2) is 0 Å². The highest BCUT2D eigenvalue weighted by molar-refractivity contribution is 5.79. The molecule has 0 bridgehead atoms. The van der Waals surface area contributed by atoms with Crippen LogP contribution in [-0.2, 0) is 4.79 Å². The first-order chi connectivity index (χ1) is 6.79. The van der Waals surface area contributed by atoms with E-state index in [1.54, 1.807) is 6.20 Å². The lowest BCUT2D eigenvalue weighted by molar-refractivity contribution is -0.138. The van der Waals surface area contributed by atoms with E-state index < -0.39 is 5.97 Å². The van der Waals surface area contributed by atoms with Gasteiger partial charge in [-0.2, -0.15) is 0 Å². The summed E-state index contributed by atoms with van der Waals surface area (Å²) in [6.07, 6.45) is 5.64. The van der Waals surface area contributed by atoms with Crippen molar-refractivity contribution in [2.45, 2.75) is 5.92 Å². The van der Waals surface area contributed by atoms with Crippen LogP contribution in [0.4, 0.5) is 0 Å². The molecule has 1 aromatic rings. The molecule has 2 aliphatic carbocycles. The summed E-state index contributed by atoms with van der Waals surface area (Å²) in [5.41, 5.74) is 2.02. The van der Waals surface area contributed by atoms with Crippen LogP contribution < -0.4 is 0 Å². The Bertz CT molecular complexity index is 439. The first-order valence-electron chi connectivity index (χ1n) is 4.65. The molecule has 0 unspecified atom stereocenters. The van der Waals surface area contributed by atoms with E-state index in [4.69, 9.17) is 5.11 Å². The number of aromatic nitrogens is 1. The predicted octanol–water partition coefficient (Wildman–Crippen LogP) is 1.52. The van der Waals surface area contributed by atoms with E-state index in [-0.39, 0.29) is 17.8 Å². The van der Waals surface area contributed by atoms with E-state index in [1.807, 2.05) is 24.3 Å². The number of aliphatic carboxylic acids is 1. The number of pyridine rings is 1. The van der Waals surface area contributed by atoms with Gasteiger partial charge in [-0.05, 0) is 23.6 Å². The van der Waals surface area contributed by atoms with Gasteiger partial charge < -0.3 is 5.11 Å². The maximum absolute atomic E-state index is 10.9. The largest absolute Gasteiger partial charge is 0.481 e. The highest BCUT2D eigenvalue weighted by atomic mass is 16.4. The average molecular weight is 187 g/mol. The standard InChI is InChI=1S/C11H9NO2/c13-11(14)10-7-3-4-8-6(9(7)10)2-1-5-12-8/h1-5,7,9-10H,(H,13,14)/t7-,9+,10+/m0/s1. The summed E-state index contributed by atoms with van der Waals surface area (Å²) in [6.45, 7) is 0. The lowest BCUT2D eigenvalue weighted by Crippen LogP contribution is -2.00. The van der Waals surface area contributed by atoms with Crippen LogP contribution in [0.3, 0.4) is 0 Å². The van der Waals surface area contributed by atoms with Gasteiger partial charge in [-0.3, -0.25) is 9.78 Å². The van der Waals surface area contributed by atoms with Gasteiger partial charge in [0.1, 0.15) is 0 Å². The molecule has 1 N–H and O–H groups in total. The molecule has 0 amide bonds. The molecule has 0 aromatic carbocycles. The number of nitrogens with zero attached hydrogens (tertiary/aromatic N) is 1. The van der Waals surface area contributed by atoms with Gasteiger partial charge in [-0.1, -0.05) is 12.1 Å². The van der Waals surface area contributed by atoms with E-state index in [9.17, 15) is 4.79 Å². The topological polar surface area (TPSA) is 50.2 Å². The Morgan fingerprint density at radius 1 is 1.50 bits per heavy atom. The zero-order valence-corrected chi connectivity index (χ0v) is 7.42. The zero-order chi connectivity index (χ0) is 9.71. The fourth-order valence-electron chi connectivity index (χ4n) is 2.35. The predicted molar refractivity (Wildman–Crippen MR) is 50.6 cm³/mol. The second kappa shape index (κ2) is 2.44. The Kier molecular flexibility index (Phi) is 1.35. The summed E-state index contributed by atoms with van der Waals surface area (Å²) in [5.74, 6) is -0.552. The van der Waals surface area contributed by atoms with Crippen LogP contribution in [0.25, 0.3) is 6.08 Å². The first kappa shape index (κ1) is 7.74. The Morgan fingerprint density at radius 3 is 3.14 bits per heavy atom. The Balaban J connectivity index is 2.06. The van der Waals surface area contributed by atoms with Gasteiger partial charge in [0.25, 0.3) is 0 Å². The van der Waals surface area contributed by atoms with Crippen LogP contribution in [0.5, 0.6) is 0 Å². The average Bonchev–Trinajstić information content (AvgIpc) is 2.92. The number of carboxylic acids is 1. The molecule has 1 heterocycles. The second-order valence-corrected chi connectivity index (χ2v) is 3.80. The van der Waals surface area contributed by atoms with Crippen molar-refractivity contribution in [2.75, 3.05) is 0 Å². The van der Waals surface area contributed by atoms with Crippen molar-refractivity contribution in [2.24, 2.45) is 11.8 Å². The maximum Gasteiger partial charge on any atom is 0.307 e. The number of carboxylic acid groups (broad SMARTS) is 1. The third kappa shape index (κ3) is 0.867. The van der Waals surface area contributed by atoms with Crippen LogP contribution in [-0.4, -0.2) is 16.1 Å².